The minimum atomic E-state index is 0.821. The van der Waals surface area contributed by atoms with Gasteiger partial charge in [0.05, 0.1) is 27.8 Å². The second-order valence-corrected chi connectivity index (χ2v) is 16.9. The van der Waals surface area contributed by atoms with E-state index >= 15 is 0 Å². The summed E-state index contributed by atoms with van der Waals surface area (Å²) in [6, 6.07) is 81.0. The van der Waals surface area contributed by atoms with Gasteiger partial charge >= 0.3 is 0 Å². The topological polar surface area (TPSA) is 23.0 Å². The van der Waals surface area contributed by atoms with Gasteiger partial charge in [-0.2, -0.15) is 0 Å². The van der Waals surface area contributed by atoms with Crippen molar-refractivity contribution in [1.82, 2.24) is 9.13 Å². The Morgan fingerprint density at radius 2 is 0.662 bits per heavy atom. The Morgan fingerprint density at radius 3 is 1.05 bits per heavy atom. The van der Waals surface area contributed by atoms with Crippen LogP contribution in [0.15, 0.2) is 235 Å². The number of fused-ring (bicyclic) bond motifs is 9. The molecule has 0 atom stereocenters. The van der Waals surface area contributed by atoms with Gasteiger partial charge in [0.2, 0.25) is 0 Å². The van der Waals surface area contributed by atoms with Crippen LogP contribution in [0.3, 0.4) is 0 Å². The molecule has 13 rings (SSSR count). The fourth-order valence-electron chi connectivity index (χ4n) is 10.2. The molecule has 3 nitrogen and oxygen atoms in total. The summed E-state index contributed by atoms with van der Waals surface area (Å²) >= 11 is 0. The summed E-state index contributed by atoms with van der Waals surface area (Å²) in [6.07, 6.45) is 2.02. The van der Waals surface area contributed by atoms with Gasteiger partial charge in [-0.15, -0.1) is 0 Å². The van der Waals surface area contributed by atoms with E-state index in [1.54, 1.807) is 0 Å². The molecule has 0 saturated carbocycles. The molecule has 0 N–H and O–H groups in total. The zero-order valence-corrected chi connectivity index (χ0v) is 35.4. The summed E-state index contributed by atoms with van der Waals surface area (Å²) < 4.78 is 12.1. The van der Waals surface area contributed by atoms with E-state index < -0.39 is 0 Å². The summed E-state index contributed by atoms with van der Waals surface area (Å²) in [6.45, 7) is 4.52. The van der Waals surface area contributed by atoms with Gasteiger partial charge < -0.3 is 13.6 Å². The van der Waals surface area contributed by atoms with Crippen LogP contribution in [0, 0.1) is 0 Å². The number of para-hydroxylation sites is 1. The lowest BCUT2D eigenvalue weighted by Gasteiger charge is -2.20. The van der Waals surface area contributed by atoms with E-state index in [0.29, 0.717) is 0 Å². The van der Waals surface area contributed by atoms with E-state index in [4.69, 9.17) is 4.42 Å². The Bertz CT molecular complexity index is 3790. The highest BCUT2D eigenvalue weighted by Gasteiger charge is 2.27. The van der Waals surface area contributed by atoms with Crippen molar-refractivity contribution in [3.63, 3.8) is 0 Å². The maximum Gasteiger partial charge on any atom is 0.161 e. The molecule has 0 spiro atoms. The van der Waals surface area contributed by atoms with Crippen LogP contribution in [0.5, 0.6) is 0 Å². The van der Waals surface area contributed by atoms with Crippen LogP contribution >= 0.6 is 0 Å². The molecule has 0 aliphatic carbocycles. The molecule has 0 amide bonds. The third kappa shape index (κ3) is 5.83. The second kappa shape index (κ2) is 14.7. The molecule has 65 heavy (non-hydrogen) atoms. The van der Waals surface area contributed by atoms with E-state index in [1.807, 2.05) is 6.08 Å². The van der Waals surface area contributed by atoms with Crippen LogP contribution in [0.1, 0.15) is 5.56 Å². The normalized spacial score (nSPS) is 11.8. The first-order valence-corrected chi connectivity index (χ1v) is 22.2. The first kappa shape index (κ1) is 36.9. The second-order valence-electron chi connectivity index (χ2n) is 16.9. The average Bonchev–Trinajstić information content (AvgIpc) is 4.03. The third-order valence-electron chi connectivity index (χ3n) is 13.3. The SMILES string of the molecule is C=Cc1cc2c(oc3ccccc32)c(-n2c3ccc(-c4ccccc4)cc3c3cc(-c4ccccc4)ccc32)c1-n1c2ccc(-c3ccccc3)cc2c2cc(-c3ccccc3)ccc21. The zero-order chi connectivity index (χ0) is 43.0. The van der Waals surface area contributed by atoms with Crippen molar-refractivity contribution >= 4 is 71.6 Å². The van der Waals surface area contributed by atoms with Gasteiger partial charge in [0.15, 0.2) is 5.58 Å². The van der Waals surface area contributed by atoms with Crippen molar-refractivity contribution in [2.45, 2.75) is 0 Å². The minimum Gasteiger partial charge on any atom is -0.454 e. The molecule has 0 unspecified atom stereocenters. The van der Waals surface area contributed by atoms with E-state index in [-0.39, 0.29) is 0 Å². The van der Waals surface area contributed by atoms with Gasteiger partial charge in [0.25, 0.3) is 0 Å². The van der Waals surface area contributed by atoms with Crippen molar-refractivity contribution in [3.8, 4) is 55.9 Å². The lowest BCUT2D eigenvalue weighted by molar-refractivity contribution is 0.666. The van der Waals surface area contributed by atoms with Crippen LogP contribution in [-0.4, -0.2) is 9.13 Å². The summed E-state index contributed by atoms with van der Waals surface area (Å²) in [5.74, 6) is 0. The van der Waals surface area contributed by atoms with Gasteiger partial charge in [-0.25, -0.2) is 0 Å². The molecule has 0 fully saturated rings. The van der Waals surface area contributed by atoms with Crippen LogP contribution in [0.2, 0.25) is 0 Å². The number of nitrogens with zero attached hydrogens (tertiary/aromatic N) is 2. The van der Waals surface area contributed by atoms with Crippen LogP contribution in [0.4, 0.5) is 0 Å². The molecular formula is C62H40N2O. The predicted molar refractivity (Wildman–Crippen MR) is 274 cm³/mol. The molecule has 304 valence electrons. The Hall–Kier alpha value is -8.66. The van der Waals surface area contributed by atoms with Gasteiger partial charge in [0.1, 0.15) is 11.3 Å². The largest absolute Gasteiger partial charge is 0.454 e. The molecule has 3 heterocycles. The summed E-state index contributed by atoms with van der Waals surface area (Å²) in [5.41, 5.74) is 18.4. The highest BCUT2D eigenvalue weighted by Crippen LogP contribution is 2.47. The molecule has 0 aliphatic heterocycles. The fraction of sp³-hybridized carbons (Fsp3) is 0. The van der Waals surface area contributed by atoms with Gasteiger partial charge in [-0.1, -0.05) is 176 Å². The molecule has 0 aliphatic rings. The van der Waals surface area contributed by atoms with E-state index in [0.717, 1.165) is 60.9 Å². The molecule has 3 heteroatoms. The molecule has 3 aromatic heterocycles. The molecule has 0 saturated heterocycles. The first-order valence-electron chi connectivity index (χ1n) is 22.2. The third-order valence-corrected chi connectivity index (χ3v) is 13.3. The van der Waals surface area contributed by atoms with Crippen LogP contribution in [0.25, 0.3) is 128 Å². The van der Waals surface area contributed by atoms with E-state index in [1.165, 1.54) is 66.1 Å². The first-order chi connectivity index (χ1) is 32.2. The number of rotatable bonds is 7. The van der Waals surface area contributed by atoms with Crippen molar-refractivity contribution in [2.75, 3.05) is 0 Å². The molecular weight excluding hydrogens is 789 g/mol. The monoisotopic (exact) mass is 828 g/mol. The number of hydrogen-bond donors (Lipinski definition) is 0. The quantitative estimate of drug-likeness (QED) is 0.157. The average molecular weight is 829 g/mol. The number of benzene rings is 10. The van der Waals surface area contributed by atoms with Crippen LogP contribution in [-0.2, 0) is 0 Å². The smallest absolute Gasteiger partial charge is 0.161 e. The summed E-state index contributed by atoms with van der Waals surface area (Å²) in [4.78, 5) is 0. The summed E-state index contributed by atoms with van der Waals surface area (Å²) in [7, 11) is 0. The highest BCUT2D eigenvalue weighted by molar-refractivity contribution is 6.18. The number of furan rings is 1. The summed E-state index contributed by atoms with van der Waals surface area (Å²) in [5, 5.41) is 6.80. The fourth-order valence-corrected chi connectivity index (χ4v) is 10.2. The maximum absolute atomic E-state index is 7.14. The zero-order valence-electron chi connectivity index (χ0n) is 35.4. The molecule has 0 bridgehead atoms. The van der Waals surface area contributed by atoms with E-state index in [9.17, 15) is 0 Å². The number of aromatic nitrogens is 2. The van der Waals surface area contributed by atoms with Crippen molar-refractivity contribution < 1.29 is 4.42 Å². The lowest BCUT2D eigenvalue weighted by atomic mass is 10.0. The lowest BCUT2D eigenvalue weighted by Crippen LogP contribution is -2.06. The Morgan fingerprint density at radius 1 is 0.308 bits per heavy atom. The van der Waals surface area contributed by atoms with Crippen molar-refractivity contribution in [1.29, 1.82) is 0 Å². The Kier molecular flexibility index (Phi) is 8.37. The van der Waals surface area contributed by atoms with Crippen molar-refractivity contribution in [3.05, 3.63) is 237 Å². The highest BCUT2D eigenvalue weighted by atomic mass is 16.3. The standard InChI is InChI=1S/C62H40N2O/c1-2-40-35-54-49-25-15-16-26-59(49)65-62(54)61(64-57-33-29-47(43-21-11-5-12-22-43)38-52(57)53-39-48(30-34-58(53)64)44-23-13-6-14-24-44)60(40)63-55-31-27-45(41-17-7-3-8-18-41)36-50(55)51-37-46(28-32-56(51)63)42-19-9-4-10-20-42/h2-39H,1H2. The maximum atomic E-state index is 7.14. The molecule has 0 radical (unpaired) electrons. The van der Waals surface area contributed by atoms with Gasteiger partial charge in [-0.05, 0) is 105 Å². The predicted octanol–water partition coefficient (Wildman–Crippen LogP) is 17.1. The number of hydrogen-bond acceptors (Lipinski definition) is 1. The molecule has 13 aromatic rings. The Labute approximate surface area is 376 Å². The van der Waals surface area contributed by atoms with Gasteiger partial charge in [-0.3, -0.25) is 0 Å². The van der Waals surface area contributed by atoms with Crippen molar-refractivity contribution in [2.24, 2.45) is 0 Å². The Balaban J connectivity index is 1.19. The molecule has 10 aromatic carbocycles. The van der Waals surface area contributed by atoms with Gasteiger partial charge in [0, 0.05) is 37.9 Å². The van der Waals surface area contributed by atoms with E-state index in [2.05, 4.69) is 240 Å². The minimum absolute atomic E-state index is 0.821. The van der Waals surface area contributed by atoms with Crippen LogP contribution < -0.4 is 0 Å².